The van der Waals surface area contributed by atoms with Crippen molar-refractivity contribution in [1.82, 2.24) is 4.98 Å². The summed E-state index contributed by atoms with van der Waals surface area (Å²) in [7, 11) is -3.51. The van der Waals surface area contributed by atoms with Crippen molar-refractivity contribution in [1.29, 1.82) is 0 Å². The molecule has 0 saturated carbocycles. The van der Waals surface area contributed by atoms with Gasteiger partial charge in [-0.05, 0) is 55.5 Å². The van der Waals surface area contributed by atoms with Gasteiger partial charge in [-0.2, -0.15) is 0 Å². The Labute approximate surface area is 183 Å². The second kappa shape index (κ2) is 7.86. The van der Waals surface area contributed by atoms with Gasteiger partial charge in [0.25, 0.3) is 5.65 Å². The smallest absolute Gasteiger partial charge is 0.290 e. The number of nitrogens with zero attached hydrogens (tertiary/aromatic N) is 1. The lowest BCUT2D eigenvalue weighted by molar-refractivity contribution is -0.586. The molecule has 6 nitrogen and oxygen atoms in total. The molecule has 2 aromatic carbocycles. The highest BCUT2D eigenvalue weighted by Gasteiger charge is 2.21. The molecule has 0 atom stereocenters. The summed E-state index contributed by atoms with van der Waals surface area (Å²) in [5.41, 5.74) is 1.72. The molecule has 9 heteroatoms. The maximum Gasteiger partial charge on any atom is 0.290 e. The van der Waals surface area contributed by atoms with E-state index in [1.807, 2.05) is 0 Å². The highest BCUT2D eigenvalue weighted by molar-refractivity contribution is 7.91. The molecule has 0 aliphatic rings. The molecule has 1 N–H and O–H groups in total. The molecule has 0 unspecified atom stereocenters. The molecular formula is C22H18ClFN2O4S. The fourth-order valence-corrected chi connectivity index (χ4v) is 4.40. The molecule has 0 spiro atoms. The Morgan fingerprint density at radius 1 is 1.10 bits per heavy atom. The number of hydrogen-bond acceptors (Lipinski definition) is 4. The van der Waals surface area contributed by atoms with Crippen LogP contribution >= 0.6 is 11.6 Å². The Kier molecular flexibility index (Phi) is 5.36. The van der Waals surface area contributed by atoms with E-state index in [1.54, 1.807) is 32.2 Å². The maximum atomic E-state index is 14.4. The van der Waals surface area contributed by atoms with E-state index >= 15 is 0 Å². The lowest BCUT2D eigenvalue weighted by atomic mass is 10.0. The van der Waals surface area contributed by atoms with Crippen LogP contribution in [0.25, 0.3) is 22.2 Å². The first kappa shape index (κ1) is 21.1. The number of aryl methyl sites for hydroxylation is 1. The van der Waals surface area contributed by atoms with E-state index in [-0.39, 0.29) is 27.2 Å². The predicted molar refractivity (Wildman–Crippen MR) is 117 cm³/mol. The number of fused-ring (bicyclic) bond motifs is 1. The molecule has 0 saturated heterocycles. The molecule has 4 rings (SSSR count). The summed E-state index contributed by atoms with van der Waals surface area (Å²) in [6.07, 6.45) is 1.62. The van der Waals surface area contributed by atoms with Crippen molar-refractivity contribution in [3.05, 3.63) is 76.5 Å². The van der Waals surface area contributed by atoms with Crippen LogP contribution in [0, 0.1) is 17.9 Å². The number of hydrogen-bond donors (Lipinski definition) is 1. The Morgan fingerprint density at radius 3 is 2.55 bits per heavy atom. The van der Waals surface area contributed by atoms with Gasteiger partial charge < -0.3 is 9.94 Å². The van der Waals surface area contributed by atoms with Gasteiger partial charge in [0.2, 0.25) is 0 Å². The number of H-pyrrole nitrogens is 1. The normalized spacial score (nSPS) is 11.7. The Morgan fingerprint density at radius 2 is 1.84 bits per heavy atom. The van der Waals surface area contributed by atoms with E-state index in [4.69, 9.17) is 16.3 Å². The van der Waals surface area contributed by atoms with Gasteiger partial charge in [-0.15, -0.1) is 0 Å². The zero-order valence-electron chi connectivity index (χ0n) is 16.6. The molecule has 0 aliphatic carbocycles. The van der Waals surface area contributed by atoms with Crippen LogP contribution in [0.3, 0.4) is 0 Å². The lowest BCUT2D eigenvalue weighted by Crippen LogP contribution is -2.31. The molecule has 2 heterocycles. The molecule has 0 radical (unpaired) electrons. The Hall–Kier alpha value is -3.10. The average Bonchev–Trinajstić information content (AvgIpc) is 3.23. The first-order valence-corrected chi connectivity index (χ1v) is 11.4. The minimum atomic E-state index is -3.51. The summed E-state index contributed by atoms with van der Waals surface area (Å²) in [6.45, 7) is 3.20. The predicted octanol–water partition coefficient (Wildman–Crippen LogP) is 5.16. The third-order valence-corrected chi connectivity index (χ3v) is 6.95. The molecule has 31 heavy (non-hydrogen) atoms. The topological polar surface area (TPSA) is 86.1 Å². The number of nitrogens with one attached hydrogen (secondary N) is 1. The molecule has 0 amide bonds. The van der Waals surface area contributed by atoms with Gasteiger partial charge in [0.1, 0.15) is 11.4 Å². The number of aromatic amines is 1. The summed E-state index contributed by atoms with van der Waals surface area (Å²) in [5.74, 6) is -0.556. The first-order chi connectivity index (χ1) is 14.7. The van der Waals surface area contributed by atoms with Gasteiger partial charge >= 0.3 is 0 Å². The molecular weight excluding hydrogens is 443 g/mol. The van der Waals surface area contributed by atoms with Crippen LogP contribution < -0.4 is 9.47 Å². The van der Waals surface area contributed by atoms with Gasteiger partial charge in [-0.3, -0.25) is 0 Å². The minimum absolute atomic E-state index is 0.0615. The van der Waals surface area contributed by atoms with Crippen LogP contribution in [0.5, 0.6) is 11.5 Å². The van der Waals surface area contributed by atoms with Crippen LogP contribution in [0.4, 0.5) is 4.39 Å². The van der Waals surface area contributed by atoms with Crippen molar-refractivity contribution >= 4 is 32.5 Å². The number of rotatable bonds is 5. The fraction of sp³-hybridized carbons (Fsp3) is 0.136. The Balaban J connectivity index is 1.98. The van der Waals surface area contributed by atoms with Crippen LogP contribution in [0.1, 0.15) is 12.6 Å². The minimum Gasteiger partial charge on any atom is -0.710 e. The van der Waals surface area contributed by atoms with Crippen molar-refractivity contribution in [3.63, 3.8) is 0 Å². The van der Waals surface area contributed by atoms with Crippen LogP contribution in [0.2, 0.25) is 5.02 Å². The summed E-state index contributed by atoms with van der Waals surface area (Å²) >= 11 is 5.82. The summed E-state index contributed by atoms with van der Waals surface area (Å²) in [5, 5.41) is 13.2. The van der Waals surface area contributed by atoms with E-state index in [0.717, 1.165) is 10.8 Å². The Bertz CT molecular complexity index is 1420. The third kappa shape index (κ3) is 3.84. The van der Waals surface area contributed by atoms with E-state index in [9.17, 15) is 18.0 Å². The van der Waals surface area contributed by atoms with Crippen molar-refractivity contribution in [2.24, 2.45) is 0 Å². The van der Waals surface area contributed by atoms with Crippen LogP contribution in [-0.4, -0.2) is 19.2 Å². The number of ether oxygens (including phenoxy) is 1. The van der Waals surface area contributed by atoms with Gasteiger partial charge in [0.15, 0.2) is 21.4 Å². The van der Waals surface area contributed by atoms with Crippen molar-refractivity contribution < 1.29 is 22.3 Å². The van der Waals surface area contributed by atoms with E-state index in [1.165, 1.54) is 30.3 Å². The largest absolute Gasteiger partial charge is 0.710 e. The third-order valence-electron chi connectivity index (χ3n) is 4.99. The molecule has 0 aliphatic heterocycles. The maximum absolute atomic E-state index is 14.4. The second-order valence-electron chi connectivity index (χ2n) is 6.97. The molecule has 0 bridgehead atoms. The SMILES string of the molecule is CCS(=O)(=O)c1ccc(Oc2ccc(Cl)cc2F)c(-c2cc(C)[n+]([O-])c3[nH]ccc23)c1. The van der Waals surface area contributed by atoms with Crippen molar-refractivity contribution in [2.75, 3.05) is 5.75 Å². The van der Waals surface area contributed by atoms with Crippen LogP contribution in [0.15, 0.2) is 59.6 Å². The fourth-order valence-electron chi connectivity index (χ4n) is 3.34. The highest BCUT2D eigenvalue weighted by atomic mass is 35.5. The summed E-state index contributed by atoms with van der Waals surface area (Å²) in [6, 6.07) is 11.8. The summed E-state index contributed by atoms with van der Waals surface area (Å²) in [4.78, 5) is 3.00. The lowest BCUT2D eigenvalue weighted by Gasteiger charge is -2.16. The summed E-state index contributed by atoms with van der Waals surface area (Å²) < 4.78 is 45.9. The molecule has 4 aromatic rings. The van der Waals surface area contributed by atoms with Gasteiger partial charge in [-0.1, -0.05) is 18.5 Å². The van der Waals surface area contributed by atoms with Crippen molar-refractivity contribution in [2.45, 2.75) is 18.7 Å². The average molecular weight is 461 g/mol. The van der Waals surface area contributed by atoms with Gasteiger partial charge in [0.05, 0.1) is 22.2 Å². The number of sulfone groups is 1. The quantitative estimate of drug-likeness (QED) is 0.329. The second-order valence-corrected chi connectivity index (χ2v) is 9.69. The standard InChI is InChI=1S/C22H18ClFN2O4S/c1-3-31(28,29)15-5-7-20(30-21-6-4-14(23)11-19(21)24)18(12-15)17-10-13(2)26(27)22-16(17)8-9-25-22/h4-12,25H,3H2,1-2H3. The number of benzene rings is 2. The first-order valence-electron chi connectivity index (χ1n) is 9.41. The van der Waals surface area contributed by atoms with Gasteiger partial charge in [-0.25, -0.2) is 22.5 Å². The number of pyridine rings is 1. The van der Waals surface area contributed by atoms with E-state index in [2.05, 4.69) is 4.98 Å². The molecule has 0 fully saturated rings. The highest BCUT2D eigenvalue weighted by Crippen LogP contribution is 2.39. The number of halogens is 2. The zero-order valence-corrected chi connectivity index (χ0v) is 18.2. The molecule has 2 aromatic heterocycles. The van der Waals surface area contributed by atoms with Gasteiger partial charge in [0, 0.05) is 16.1 Å². The monoisotopic (exact) mass is 460 g/mol. The molecule has 160 valence electrons. The van der Waals surface area contributed by atoms with E-state index in [0.29, 0.717) is 27.9 Å². The van der Waals surface area contributed by atoms with Crippen LogP contribution in [-0.2, 0) is 9.84 Å². The van der Waals surface area contributed by atoms with E-state index < -0.39 is 15.7 Å². The van der Waals surface area contributed by atoms with Crippen molar-refractivity contribution in [3.8, 4) is 22.6 Å². The number of aromatic nitrogens is 2. The zero-order chi connectivity index (χ0) is 22.3.